The van der Waals surface area contributed by atoms with Crippen molar-refractivity contribution in [2.45, 2.75) is 57.9 Å². The molecule has 0 spiro atoms. The molecule has 2 N–H and O–H groups in total. The van der Waals surface area contributed by atoms with Crippen LogP contribution in [0.1, 0.15) is 45.2 Å². The lowest BCUT2D eigenvalue weighted by atomic mass is 9.77. The van der Waals surface area contributed by atoms with E-state index in [1.54, 1.807) is 12.3 Å². The van der Waals surface area contributed by atoms with Crippen LogP contribution in [0.2, 0.25) is 0 Å². The summed E-state index contributed by atoms with van der Waals surface area (Å²) in [6.45, 7) is 5.72. The predicted molar refractivity (Wildman–Crippen MR) is 147 cm³/mol. The Kier molecular flexibility index (Phi) is 7.53. The van der Waals surface area contributed by atoms with E-state index in [2.05, 4.69) is 21.7 Å². The van der Waals surface area contributed by atoms with Crippen LogP contribution >= 0.6 is 0 Å². The van der Waals surface area contributed by atoms with Gasteiger partial charge in [-0.3, -0.25) is 14.6 Å². The SMILES string of the molecule is COC(=O)NC(C(=O)N1CC2C3CC(F)C(C3)C2C1C(=O)NC(C#N)c1cncc2cccc(OC)c12)C(C)(C)C. The Morgan fingerprint density at radius 3 is 2.56 bits per heavy atom. The molecule has 3 amide bonds. The monoisotopic (exact) mass is 565 g/mol. The highest BCUT2D eigenvalue weighted by atomic mass is 19.1. The molecule has 2 heterocycles. The first-order valence-corrected chi connectivity index (χ1v) is 13.9. The number of methoxy groups -OCH3 is 2. The number of hydrogen-bond acceptors (Lipinski definition) is 7. The largest absolute Gasteiger partial charge is 0.496 e. The van der Waals surface area contributed by atoms with Gasteiger partial charge in [-0.25, -0.2) is 9.18 Å². The lowest BCUT2D eigenvalue weighted by molar-refractivity contribution is -0.143. The van der Waals surface area contributed by atoms with Gasteiger partial charge < -0.3 is 25.0 Å². The van der Waals surface area contributed by atoms with Gasteiger partial charge in [0, 0.05) is 35.3 Å². The molecular formula is C30H36FN5O5. The van der Waals surface area contributed by atoms with Crippen molar-refractivity contribution in [2.24, 2.45) is 29.1 Å². The molecule has 11 heteroatoms. The molecule has 10 nitrogen and oxygen atoms in total. The zero-order valence-electron chi connectivity index (χ0n) is 23.9. The smallest absolute Gasteiger partial charge is 0.407 e. The second kappa shape index (κ2) is 10.8. The molecule has 8 atom stereocenters. The van der Waals surface area contributed by atoms with Crippen molar-refractivity contribution >= 4 is 28.7 Å². The summed E-state index contributed by atoms with van der Waals surface area (Å²) >= 11 is 0. The van der Waals surface area contributed by atoms with Gasteiger partial charge in [-0.2, -0.15) is 5.26 Å². The summed E-state index contributed by atoms with van der Waals surface area (Å²) in [7, 11) is 2.74. The molecule has 2 saturated carbocycles. The number of alkyl halides is 1. The topological polar surface area (TPSA) is 134 Å². The second-order valence-corrected chi connectivity index (χ2v) is 12.4. The van der Waals surface area contributed by atoms with Gasteiger partial charge in [0.05, 0.1) is 20.3 Å². The number of hydrogen-bond donors (Lipinski definition) is 2. The molecule has 1 aromatic heterocycles. The Morgan fingerprint density at radius 2 is 1.90 bits per heavy atom. The number of pyridine rings is 1. The van der Waals surface area contributed by atoms with Crippen molar-refractivity contribution in [2.75, 3.05) is 20.8 Å². The number of benzene rings is 1. The summed E-state index contributed by atoms with van der Waals surface area (Å²) < 4.78 is 25.3. The molecule has 3 aliphatic rings. The zero-order valence-corrected chi connectivity index (χ0v) is 23.9. The van der Waals surface area contributed by atoms with Crippen LogP contribution in [0, 0.1) is 40.4 Å². The number of alkyl carbamates (subject to hydrolysis) is 1. The number of ether oxygens (including phenoxy) is 2. The molecule has 1 aliphatic heterocycles. The average Bonchev–Trinajstić information content (AvgIpc) is 3.63. The molecular weight excluding hydrogens is 529 g/mol. The fourth-order valence-corrected chi connectivity index (χ4v) is 7.28. The van der Waals surface area contributed by atoms with E-state index in [1.165, 1.54) is 25.3 Å². The van der Waals surface area contributed by atoms with Gasteiger partial charge in [-0.15, -0.1) is 0 Å². The minimum atomic E-state index is -1.10. The minimum absolute atomic E-state index is 0.0368. The highest BCUT2D eigenvalue weighted by Crippen LogP contribution is 2.58. The summed E-state index contributed by atoms with van der Waals surface area (Å²) in [4.78, 5) is 46.1. The van der Waals surface area contributed by atoms with Gasteiger partial charge in [-0.05, 0) is 48.0 Å². The first-order valence-electron chi connectivity index (χ1n) is 13.9. The van der Waals surface area contributed by atoms with Crippen LogP contribution in [0.5, 0.6) is 5.75 Å². The Balaban J connectivity index is 1.50. The number of likely N-dealkylation sites (tertiary alicyclic amines) is 1. The summed E-state index contributed by atoms with van der Waals surface area (Å²) in [6.07, 6.45) is 2.47. The Hall–Kier alpha value is -3.94. The van der Waals surface area contributed by atoms with Crippen molar-refractivity contribution in [1.29, 1.82) is 5.26 Å². The van der Waals surface area contributed by atoms with Crippen molar-refractivity contribution in [1.82, 2.24) is 20.5 Å². The Labute approximate surface area is 238 Å². The third-order valence-corrected chi connectivity index (χ3v) is 9.10. The molecule has 8 unspecified atom stereocenters. The molecule has 3 fully saturated rings. The van der Waals surface area contributed by atoms with Gasteiger partial charge >= 0.3 is 6.09 Å². The lowest BCUT2D eigenvalue weighted by Crippen LogP contribution is -2.59. The van der Waals surface area contributed by atoms with Crippen LogP contribution in [-0.4, -0.2) is 66.8 Å². The van der Waals surface area contributed by atoms with E-state index in [0.29, 0.717) is 29.5 Å². The molecule has 1 aromatic carbocycles. The normalized spacial score (nSPS) is 28.0. The third kappa shape index (κ3) is 4.94. The number of rotatable bonds is 6. The number of aromatic nitrogens is 1. The standard InChI is InChI=1S/C30H36FN5O5/c1-30(2,3)26(35-29(39)41-5)28(38)36-14-19-16-9-17(20(31)10-16)24(19)25(36)27(37)34-21(11-32)18-13-33-12-15-7-6-8-22(40-4)23(15)18/h6-8,12-13,16-17,19-21,24-26H,9-10,14H2,1-5H3,(H,34,37)(H,35,39). The van der Waals surface area contributed by atoms with E-state index in [-0.39, 0.29) is 30.2 Å². The maximum Gasteiger partial charge on any atom is 0.407 e. The van der Waals surface area contributed by atoms with Crippen LogP contribution in [0.25, 0.3) is 10.8 Å². The first-order chi connectivity index (χ1) is 19.5. The van der Waals surface area contributed by atoms with Crippen molar-refractivity contribution < 1.29 is 28.2 Å². The van der Waals surface area contributed by atoms with Gasteiger partial charge in [0.1, 0.15) is 30.0 Å². The van der Waals surface area contributed by atoms with Crippen LogP contribution in [0.15, 0.2) is 30.6 Å². The first kappa shape index (κ1) is 28.6. The van der Waals surface area contributed by atoms with E-state index in [9.17, 15) is 19.6 Å². The second-order valence-electron chi connectivity index (χ2n) is 12.4. The minimum Gasteiger partial charge on any atom is -0.496 e. The fourth-order valence-electron chi connectivity index (χ4n) is 7.28. The van der Waals surface area contributed by atoms with Crippen LogP contribution in [0.3, 0.4) is 0 Å². The van der Waals surface area contributed by atoms with E-state index < -0.39 is 47.6 Å². The van der Waals surface area contributed by atoms with Crippen LogP contribution in [-0.2, 0) is 14.3 Å². The van der Waals surface area contributed by atoms with Crippen LogP contribution < -0.4 is 15.4 Å². The molecule has 0 radical (unpaired) electrons. The molecule has 5 rings (SSSR count). The fraction of sp³-hybridized carbons (Fsp3) is 0.567. The number of fused-ring (bicyclic) bond motifs is 6. The maximum absolute atomic E-state index is 15.1. The highest BCUT2D eigenvalue weighted by molar-refractivity contribution is 5.94. The average molecular weight is 566 g/mol. The quantitative estimate of drug-likeness (QED) is 0.548. The molecule has 1 saturated heterocycles. The summed E-state index contributed by atoms with van der Waals surface area (Å²) in [6, 6.07) is 4.50. The summed E-state index contributed by atoms with van der Waals surface area (Å²) in [5.41, 5.74) is -0.245. The van der Waals surface area contributed by atoms with Crippen molar-refractivity contribution in [3.63, 3.8) is 0 Å². The van der Waals surface area contributed by atoms with Crippen LogP contribution in [0.4, 0.5) is 9.18 Å². The molecule has 41 heavy (non-hydrogen) atoms. The third-order valence-electron chi connectivity index (χ3n) is 9.10. The molecule has 2 aromatic rings. The van der Waals surface area contributed by atoms with Gasteiger partial charge in [0.15, 0.2) is 0 Å². The highest BCUT2D eigenvalue weighted by Gasteiger charge is 2.63. The number of nitrogens with zero attached hydrogens (tertiary/aromatic N) is 3. The van der Waals surface area contributed by atoms with Gasteiger partial charge in [0.25, 0.3) is 0 Å². The number of carbonyl (C=O) groups excluding carboxylic acids is 3. The van der Waals surface area contributed by atoms with Gasteiger partial charge in [0.2, 0.25) is 11.8 Å². The Morgan fingerprint density at radius 1 is 1.15 bits per heavy atom. The molecule has 2 bridgehead atoms. The zero-order chi connectivity index (χ0) is 29.6. The number of carbonyl (C=O) groups is 3. The number of halogens is 1. The van der Waals surface area contributed by atoms with Crippen molar-refractivity contribution in [3.8, 4) is 11.8 Å². The van der Waals surface area contributed by atoms with E-state index >= 15 is 4.39 Å². The van der Waals surface area contributed by atoms with Gasteiger partial charge in [-0.1, -0.05) is 32.9 Å². The maximum atomic E-state index is 15.1. The summed E-state index contributed by atoms with van der Waals surface area (Å²) in [5.74, 6) is -1.13. The van der Waals surface area contributed by atoms with E-state index in [0.717, 1.165) is 5.39 Å². The van der Waals surface area contributed by atoms with E-state index in [1.807, 2.05) is 32.9 Å². The Bertz CT molecular complexity index is 1400. The predicted octanol–water partition coefficient (Wildman–Crippen LogP) is 3.52. The lowest BCUT2D eigenvalue weighted by Gasteiger charge is -2.37. The molecule has 218 valence electrons. The number of amides is 3. The number of nitrogens with one attached hydrogen (secondary N) is 2. The van der Waals surface area contributed by atoms with E-state index in [4.69, 9.17) is 9.47 Å². The number of nitriles is 1. The summed E-state index contributed by atoms with van der Waals surface area (Å²) in [5, 5.41) is 17.1. The van der Waals surface area contributed by atoms with Crippen molar-refractivity contribution in [3.05, 3.63) is 36.2 Å². The molecule has 2 aliphatic carbocycles.